The van der Waals surface area contributed by atoms with Crippen molar-refractivity contribution in [1.82, 2.24) is 0 Å². The van der Waals surface area contributed by atoms with Gasteiger partial charge in [-0.15, -0.1) is 0 Å². The fourth-order valence-corrected chi connectivity index (χ4v) is 4.16. The van der Waals surface area contributed by atoms with Crippen LogP contribution in [0.2, 0.25) is 15.1 Å². The smallest absolute Gasteiger partial charge is 0.248 e. The van der Waals surface area contributed by atoms with E-state index < -0.39 is 22.0 Å². The zero-order chi connectivity index (χ0) is 19.5. The molecule has 0 fully saturated rings. The van der Waals surface area contributed by atoms with Crippen LogP contribution >= 0.6 is 34.8 Å². The van der Waals surface area contributed by atoms with Gasteiger partial charge in [0.25, 0.3) is 0 Å². The molecule has 1 N–H and O–H groups in total. The molecule has 0 saturated heterocycles. The lowest BCUT2D eigenvalue weighted by Gasteiger charge is -2.30. The van der Waals surface area contributed by atoms with Crippen LogP contribution < -0.4 is 9.62 Å². The van der Waals surface area contributed by atoms with Gasteiger partial charge < -0.3 is 5.32 Å². The summed E-state index contributed by atoms with van der Waals surface area (Å²) in [4.78, 5) is 12.8. The minimum atomic E-state index is -3.73. The number of sulfonamides is 1. The van der Waals surface area contributed by atoms with Crippen LogP contribution in [0.15, 0.2) is 42.5 Å². The van der Waals surface area contributed by atoms with Crippen molar-refractivity contribution in [2.75, 3.05) is 15.9 Å². The zero-order valence-corrected chi connectivity index (χ0v) is 17.1. The summed E-state index contributed by atoms with van der Waals surface area (Å²) in [5, 5.41) is 3.69. The standard InChI is InChI=1S/C17H17Cl3N2O3S/c1-3-16(17(23)21-12-7-8-14(19)15(20)10-12)22(26(2,24)25)13-6-4-5-11(18)9-13/h4-10,16H,3H2,1-2H3,(H,21,23)/t16-/m1/s1. The van der Waals surface area contributed by atoms with Crippen molar-refractivity contribution in [3.63, 3.8) is 0 Å². The molecule has 0 spiro atoms. The maximum atomic E-state index is 12.8. The normalized spacial score (nSPS) is 12.5. The zero-order valence-electron chi connectivity index (χ0n) is 14.0. The summed E-state index contributed by atoms with van der Waals surface area (Å²) < 4.78 is 25.8. The van der Waals surface area contributed by atoms with E-state index in [-0.39, 0.29) is 11.4 Å². The molecule has 140 valence electrons. The van der Waals surface area contributed by atoms with Gasteiger partial charge in [0.2, 0.25) is 15.9 Å². The third kappa shape index (κ3) is 5.04. The van der Waals surface area contributed by atoms with E-state index in [9.17, 15) is 13.2 Å². The van der Waals surface area contributed by atoms with Gasteiger partial charge in [-0.1, -0.05) is 47.8 Å². The molecular formula is C17H17Cl3N2O3S. The van der Waals surface area contributed by atoms with E-state index in [1.54, 1.807) is 37.3 Å². The maximum absolute atomic E-state index is 12.8. The largest absolute Gasteiger partial charge is 0.324 e. The van der Waals surface area contributed by atoms with Gasteiger partial charge in [0.05, 0.1) is 22.0 Å². The number of carbonyl (C=O) groups is 1. The van der Waals surface area contributed by atoms with Crippen molar-refractivity contribution in [2.24, 2.45) is 0 Å². The summed E-state index contributed by atoms with van der Waals surface area (Å²) in [6, 6.07) is 10.0. The number of anilines is 2. The van der Waals surface area contributed by atoms with Gasteiger partial charge in [-0.3, -0.25) is 9.10 Å². The molecule has 0 aliphatic carbocycles. The average Bonchev–Trinajstić information content (AvgIpc) is 2.54. The molecule has 0 aromatic heterocycles. The second-order valence-corrected chi connectivity index (χ2v) is 8.69. The number of hydrogen-bond donors (Lipinski definition) is 1. The van der Waals surface area contributed by atoms with Crippen LogP contribution in [0.1, 0.15) is 13.3 Å². The molecule has 2 aromatic rings. The van der Waals surface area contributed by atoms with Crippen LogP contribution in [0.5, 0.6) is 0 Å². The fraction of sp³-hybridized carbons (Fsp3) is 0.235. The Kier molecular flexibility index (Phi) is 6.80. The highest BCUT2D eigenvalue weighted by molar-refractivity contribution is 7.92. The maximum Gasteiger partial charge on any atom is 0.248 e. The van der Waals surface area contributed by atoms with Crippen LogP contribution in [0.4, 0.5) is 11.4 Å². The highest BCUT2D eigenvalue weighted by Crippen LogP contribution is 2.28. The third-order valence-electron chi connectivity index (χ3n) is 3.58. The van der Waals surface area contributed by atoms with E-state index in [0.717, 1.165) is 10.6 Å². The Bertz CT molecular complexity index is 919. The number of benzene rings is 2. The molecule has 9 heteroatoms. The van der Waals surface area contributed by atoms with Crippen molar-refractivity contribution >= 4 is 62.1 Å². The minimum Gasteiger partial charge on any atom is -0.324 e. The van der Waals surface area contributed by atoms with Crippen molar-refractivity contribution < 1.29 is 13.2 Å². The SMILES string of the molecule is CC[C@H](C(=O)Nc1ccc(Cl)c(Cl)c1)N(c1cccc(Cl)c1)S(C)(=O)=O. The van der Waals surface area contributed by atoms with Gasteiger partial charge >= 0.3 is 0 Å². The van der Waals surface area contributed by atoms with E-state index in [1.165, 1.54) is 12.1 Å². The van der Waals surface area contributed by atoms with Crippen LogP contribution in [0, 0.1) is 0 Å². The predicted molar refractivity (Wildman–Crippen MR) is 108 cm³/mol. The molecule has 0 saturated carbocycles. The van der Waals surface area contributed by atoms with Crippen LogP contribution in [-0.2, 0) is 14.8 Å². The summed E-state index contributed by atoms with van der Waals surface area (Å²) in [7, 11) is -3.73. The second-order valence-electron chi connectivity index (χ2n) is 5.58. The molecule has 26 heavy (non-hydrogen) atoms. The first-order valence-electron chi connectivity index (χ1n) is 7.64. The Morgan fingerprint density at radius 3 is 2.35 bits per heavy atom. The van der Waals surface area contributed by atoms with Gasteiger partial charge in [0.1, 0.15) is 6.04 Å². The Balaban J connectivity index is 2.38. The van der Waals surface area contributed by atoms with Crippen molar-refractivity contribution in [3.8, 4) is 0 Å². The first-order valence-corrected chi connectivity index (χ1v) is 10.6. The molecule has 0 aliphatic rings. The Hall–Kier alpha value is -1.47. The van der Waals surface area contributed by atoms with Crippen LogP contribution in [0.3, 0.4) is 0 Å². The summed E-state index contributed by atoms with van der Waals surface area (Å²) >= 11 is 17.8. The van der Waals surface area contributed by atoms with Gasteiger partial charge in [-0.2, -0.15) is 0 Å². The molecule has 1 amide bonds. The van der Waals surface area contributed by atoms with Gasteiger partial charge in [0.15, 0.2) is 0 Å². The third-order valence-corrected chi connectivity index (χ3v) is 5.73. The summed E-state index contributed by atoms with van der Waals surface area (Å²) in [6.07, 6.45) is 1.30. The quantitative estimate of drug-likeness (QED) is 0.706. The molecule has 0 bridgehead atoms. The number of hydrogen-bond acceptors (Lipinski definition) is 3. The van der Waals surface area contributed by atoms with E-state index in [1.807, 2.05) is 0 Å². The van der Waals surface area contributed by atoms with Gasteiger partial charge in [-0.25, -0.2) is 8.42 Å². The summed E-state index contributed by atoms with van der Waals surface area (Å²) in [6.45, 7) is 1.72. The predicted octanol–water partition coefficient (Wildman–Crippen LogP) is 4.83. The Labute approximate surface area is 167 Å². The highest BCUT2D eigenvalue weighted by atomic mass is 35.5. The lowest BCUT2D eigenvalue weighted by atomic mass is 10.2. The molecule has 1 atom stereocenters. The molecule has 2 aromatic carbocycles. The number of amides is 1. The topological polar surface area (TPSA) is 66.5 Å². The molecule has 2 rings (SSSR count). The molecular weight excluding hydrogens is 419 g/mol. The highest BCUT2D eigenvalue weighted by Gasteiger charge is 2.31. The molecule has 0 unspecified atom stereocenters. The number of halogens is 3. The van der Waals surface area contributed by atoms with E-state index in [2.05, 4.69) is 5.32 Å². The average molecular weight is 436 g/mol. The lowest BCUT2D eigenvalue weighted by Crippen LogP contribution is -2.47. The number of nitrogens with one attached hydrogen (secondary N) is 1. The minimum absolute atomic E-state index is 0.257. The van der Waals surface area contributed by atoms with Gasteiger partial charge in [-0.05, 0) is 42.8 Å². The fourth-order valence-electron chi connectivity index (χ4n) is 2.47. The molecule has 5 nitrogen and oxygen atoms in total. The summed E-state index contributed by atoms with van der Waals surface area (Å²) in [5.41, 5.74) is 0.735. The van der Waals surface area contributed by atoms with Crippen molar-refractivity contribution in [3.05, 3.63) is 57.5 Å². The Morgan fingerprint density at radius 1 is 1.12 bits per heavy atom. The van der Waals surface area contributed by atoms with E-state index >= 15 is 0 Å². The van der Waals surface area contributed by atoms with Crippen molar-refractivity contribution in [2.45, 2.75) is 19.4 Å². The Morgan fingerprint density at radius 2 is 1.81 bits per heavy atom. The number of nitrogens with zero attached hydrogens (tertiary/aromatic N) is 1. The number of carbonyl (C=O) groups excluding carboxylic acids is 1. The summed E-state index contributed by atoms with van der Waals surface area (Å²) in [5.74, 6) is -0.490. The number of rotatable bonds is 6. The van der Waals surface area contributed by atoms with Gasteiger partial charge in [0, 0.05) is 10.7 Å². The molecule has 0 radical (unpaired) electrons. The van der Waals surface area contributed by atoms with E-state index in [0.29, 0.717) is 21.4 Å². The van der Waals surface area contributed by atoms with Crippen LogP contribution in [-0.4, -0.2) is 26.6 Å². The first-order chi connectivity index (χ1) is 12.1. The lowest BCUT2D eigenvalue weighted by molar-refractivity contribution is -0.117. The first kappa shape index (κ1) is 20.8. The molecule has 0 aliphatic heterocycles. The van der Waals surface area contributed by atoms with Crippen molar-refractivity contribution in [1.29, 1.82) is 0 Å². The second kappa shape index (κ2) is 8.48. The molecule has 0 heterocycles. The van der Waals surface area contributed by atoms with Crippen LogP contribution in [0.25, 0.3) is 0 Å². The monoisotopic (exact) mass is 434 g/mol. The van der Waals surface area contributed by atoms with E-state index in [4.69, 9.17) is 34.8 Å².